The Balaban J connectivity index is 1.40. The lowest BCUT2D eigenvalue weighted by Gasteiger charge is -2.75. The first kappa shape index (κ1) is 25.9. The van der Waals surface area contributed by atoms with Crippen LogP contribution in [0, 0.1) is 16.7 Å². The zero-order valence-electron chi connectivity index (χ0n) is 24.5. The molecule has 2 spiro atoms. The molecule has 5 nitrogen and oxygen atoms in total. The molecule has 8 rings (SSSR count). The van der Waals surface area contributed by atoms with Crippen LogP contribution >= 0.6 is 0 Å². The second-order valence-corrected chi connectivity index (χ2v) is 14.3. The van der Waals surface area contributed by atoms with Gasteiger partial charge in [0.15, 0.2) is 11.5 Å². The maximum atomic E-state index is 12.4. The number of benzene rings is 2. The molecule has 6 aliphatic rings. The van der Waals surface area contributed by atoms with Crippen molar-refractivity contribution in [2.75, 3.05) is 27.3 Å². The number of piperidine rings is 1. The molecule has 3 saturated carbocycles. The van der Waals surface area contributed by atoms with Gasteiger partial charge in [-0.3, -0.25) is 4.90 Å². The Labute approximate surface area is 233 Å². The van der Waals surface area contributed by atoms with Crippen molar-refractivity contribution in [3.05, 3.63) is 59.2 Å². The number of likely N-dealkylation sites (tertiary alicyclic amines) is 1. The van der Waals surface area contributed by atoms with E-state index in [1.807, 2.05) is 7.11 Å². The van der Waals surface area contributed by atoms with Crippen LogP contribution in [0.1, 0.15) is 70.1 Å². The lowest BCUT2D eigenvalue weighted by Crippen LogP contribution is -2.83. The van der Waals surface area contributed by atoms with E-state index in [1.54, 1.807) is 7.11 Å². The molecule has 0 unspecified atom stereocenters. The van der Waals surface area contributed by atoms with Crippen molar-refractivity contribution in [3.8, 4) is 11.5 Å². The van der Waals surface area contributed by atoms with Crippen LogP contribution in [-0.4, -0.2) is 60.7 Å². The number of nitrogens with zero attached hydrogens (tertiary/aromatic N) is 1. The van der Waals surface area contributed by atoms with Crippen molar-refractivity contribution in [2.45, 2.75) is 95.0 Å². The second kappa shape index (κ2) is 8.24. The molecule has 7 atom stereocenters. The summed E-state index contributed by atoms with van der Waals surface area (Å²) in [6.07, 6.45) is 6.02. The molecule has 0 amide bonds. The second-order valence-electron chi connectivity index (χ2n) is 14.3. The fraction of sp³-hybridized carbons (Fsp3) is 0.647. The molecule has 4 aliphatic carbocycles. The average molecular weight is 532 g/mol. The summed E-state index contributed by atoms with van der Waals surface area (Å²) in [6, 6.07) is 15.7. The van der Waals surface area contributed by atoms with Gasteiger partial charge in [0.05, 0.1) is 12.7 Å². The molecule has 4 bridgehead atoms. The van der Waals surface area contributed by atoms with Gasteiger partial charge in [-0.2, -0.15) is 0 Å². The van der Waals surface area contributed by atoms with Crippen molar-refractivity contribution in [1.29, 1.82) is 0 Å². The standard InChI is InChI=1S/C34H45NO4/c1-30(2,3)31(4,36)25-21-32-15-16-34(25,38-6)29-33(32)17-19-35(18-14-22-10-8-7-9-11-22)26(32)20-23-12-13-24(37-5)28(39-29)27(23)33/h7-13,25-26,29,36H,14-21H2,1-6H3/t25-,26-,29-,31+,32-,33+,34-/m1/s1. The van der Waals surface area contributed by atoms with Gasteiger partial charge in [0.25, 0.3) is 0 Å². The smallest absolute Gasteiger partial charge is 0.165 e. The number of methoxy groups -OCH3 is 2. The van der Waals surface area contributed by atoms with Gasteiger partial charge in [0, 0.05) is 42.0 Å². The van der Waals surface area contributed by atoms with Crippen LogP contribution in [0.15, 0.2) is 42.5 Å². The monoisotopic (exact) mass is 531 g/mol. The third-order valence-corrected chi connectivity index (χ3v) is 12.4. The SMILES string of the molecule is COc1ccc2c3c1O[C@H]1[C@@]4(OC)CC[C@@]5(C[C@@H]4[C@](C)(O)C(C)(C)C)[C@@H](C2)N(CCc2ccccc2)CC[C@]315. The van der Waals surface area contributed by atoms with E-state index >= 15 is 0 Å². The molecule has 2 aromatic carbocycles. The summed E-state index contributed by atoms with van der Waals surface area (Å²) >= 11 is 0. The predicted molar refractivity (Wildman–Crippen MR) is 153 cm³/mol. The number of ether oxygens (including phenoxy) is 3. The fourth-order valence-electron chi connectivity index (χ4n) is 10.1. The van der Waals surface area contributed by atoms with E-state index in [2.05, 4.69) is 75.1 Å². The van der Waals surface area contributed by atoms with Gasteiger partial charge in [0.2, 0.25) is 0 Å². The Kier molecular flexibility index (Phi) is 5.46. The lowest BCUT2D eigenvalue weighted by atomic mass is 9.33. The highest BCUT2D eigenvalue weighted by molar-refractivity contribution is 5.63. The molecule has 2 heterocycles. The zero-order chi connectivity index (χ0) is 27.4. The van der Waals surface area contributed by atoms with Crippen LogP contribution in [0.2, 0.25) is 0 Å². The summed E-state index contributed by atoms with van der Waals surface area (Å²) in [5, 5.41) is 12.4. The Morgan fingerprint density at radius 2 is 1.79 bits per heavy atom. The number of fused-ring (bicyclic) bond motifs is 2. The predicted octanol–water partition coefficient (Wildman–Crippen LogP) is 5.55. The normalized spacial score (nSPS) is 37.7. The summed E-state index contributed by atoms with van der Waals surface area (Å²) in [6.45, 7) is 10.7. The zero-order valence-corrected chi connectivity index (χ0v) is 24.5. The van der Waals surface area contributed by atoms with Gasteiger partial charge >= 0.3 is 0 Å². The van der Waals surface area contributed by atoms with E-state index in [-0.39, 0.29) is 28.3 Å². The average Bonchev–Trinajstić information content (AvgIpc) is 3.29. The lowest BCUT2D eigenvalue weighted by molar-refractivity contribution is -0.312. The molecule has 2 aromatic rings. The highest BCUT2D eigenvalue weighted by atomic mass is 16.6. The first-order chi connectivity index (χ1) is 18.6. The Bertz CT molecular complexity index is 1280. The Hall–Kier alpha value is -2.08. The summed E-state index contributed by atoms with van der Waals surface area (Å²) in [7, 11) is 3.61. The number of hydrogen-bond acceptors (Lipinski definition) is 5. The molecule has 5 heteroatoms. The van der Waals surface area contributed by atoms with Crippen molar-refractivity contribution < 1.29 is 19.3 Å². The van der Waals surface area contributed by atoms with Crippen LogP contribution in [0.5, 0.6) is 11.5 Å². The van der Waals surface area contributed by atoms with Crippen LogP contribution in [0.3, 0.4) is 0 Å². The topological polar surface area (TPSA) is 51.2 Å². The molecule has 1 N–H and O–H groups in total. The summed E-state index contributed by atoms with van der Waals surface area (Å²) < 4.78 is 19.7. The minimum Gasteiger partial charge on any atom is -0.493 e. The van der Waals surface area contributed by atoms with Crippen LogP contribution in [0.4, 0.5) is 0 Å². The van der Waals surface area contributed by atoms with Gasteiger partial charge < -0.3 is 19.3 Å². The molecule has 4 fully saturated rings. The number of rotatable bonds is 6. The molecule has 210 valence electrons. The Morgan fingerprint density at radius 1 is 1.03 bits per heavy atom. The first-order valence-electron chi connectivity index (χ1n) is 15.0. The van der Waals surface area contributed by atoms with E-state index in [0.29, 0.717) is 6.04 Å². The maximum Gasteiger partial charge on any atom is 0.165 e. The van der Waals surface area contributed by atoms with E-state index in [4.69, 9.17) is 14.2 Å². The van der Waals surface area contributed by atoms with Gasteiger partial charge in [-0.1, -0.05) is 57.2 Å². The molecule has 0 radical (unpaired) electrons. The molecule has 1 saturated heterocycles. The van der Waals surface area contributed by atoms with Crippen LogP contribution in [-0.2, 0) is 23.0 Å². The van der Waals surface area contributed by atoms with Crippen molar-refractivity contribution in [1.82, 2.24) is 4.90 Å². The van der Waals surface area contributed by atoms with Gasteiger partial charge in [-0.15, -0.1) is 0 Å². The number of aliphatic hydroxyl groups is 1. The molecular formula is C34H45NO4. The van der Waals surface area contributed by atoms with Crippen molar-refractivity contribution in [2.24, 2.45) is 16.7 Å². The molecule has 0 aromatic heterocycles. The van der Waals surface area contributed by atoms with Crippen LogP contribution in [0.25, 0.3) is 0 Å². The van der Waals surface area contributed by atoms with Gasteiger partial charge in [0.1, 0.15) is 11.7 Å². The van der Waals surface area contributed by atoms with E-state index < -0.39 is 11.2 Å². The molecule has 39 heavy (non-hydrogen) atoms. The summed E-state index contributed by atoms with van der Waals surface area (Å²) in [5.74, 6) is 1.75. The highest BCUT2D eigenvalue weighted by Crippen LogP contribution is 2.78. The van der Waals surface area contributed by atoms with Gasteiger partial charge in [-0.05, 0) is 74.6 Å². The van der Waals surface area contributed by atoms with Crippen molar-refractivity contribution in [3.63, 3.8) is 0 Å². The molecular weight excluding hydrogens is 486 g/mol. The minimum atomic E-state index is -0.913. The molecule has 2 aliphatic heterocycles. The fourth-order valence-corrected chi connectivity index (χ4v) is 10.1. The Morgan fingerprint density at radius 3 is 2.49 bits per heavy atom. The highest BCUT2D eigenvalue weighted by Gasteiger charge is 2.82. The quantitative estimate of drug-likeness (QED) is 0.530. The van der Waals surface area contributed by atoms with Crippen molar-refractivity contribution >= 4 is 0 Å². The summed E-state index contributed by atoms with van der Waals surface area (Å²) in [5.41, 5.74) is 2.38. The third kappa shape index (κ3) is 3.02. The maximum absolute atomic E-state index is 12.4. The van der Waals surface area contributed by atoms with E-state index in [1.165, 1.54) is 16.7 Å². The van der Waals surface area contributed by atoms with Gasteiger partial charge in [-0.25, -0.2) is 0 Å². The van der Waals surface area contributed by atoms with E-state index in [9.17, 15) is 5.11 Å². The first-order valence-corrected chi connectivity index (χ1v) is 15.0. The third-order valence-electron chi connectivity index (χ3n) is 12.4. The largest absolute Gasteiger partial charge is 0.493 e. The minimum absolute atomic E-state index is 0.0252. The number of hydrogen-bond donors (Lipinski definition) is 1. The van der Waals surface area contributed by atoms with Crippen LogP contribution < -0.4 is 9.47 Å². The summed E-state index contributed by atoms with van der Waals surface area (Å²) in [4.78, 5) is 2.80. The van der Waals surface area contributed by atoms with E-state index in [0.717, 1.165) is 63.1 Å².